The van der Waals surface area contributed by atoms with Gasteiger partial charge in [-0.05, 0) is 30.2 Å². The molecule has 2 rings (SSSR count). The molecule has 88 valence electrons. The van der Waals surface area contributed by atoms with Crippen molar-refractivity contribution in [1.29, 1.82) is 0 Å². The maximum Gasteiger partial charge on any atom is 0.0513 e. The van der Waals surface area contributed by atoms with Gasteiger partial charge in [-0.1, -0.05) is 27.5 Å². The Balaban J connectivity index is 2.24. The average Bonchev–Trinajstić information content (AvgIpc) is 2.70. The van der Waals surface area contributed by atoms with Gasteiger partial charge in [0.05, 0.1) is 12.6 Å². The molecule has 1 heterocycles. The van der Waals surface area contributed by atoms with E-state index in [1.807, 2.05) is 18.2 Å². The summed E-state index contributed by atoms with van der Waals surface area (Å²) in [5.74, 6) is 6.03. The lowest BCUT2D eigenvalue weighted by Gasteiger charge is -2.22. The Kier molecular flexibility index (Phi) is 4.21. The lowest BCUT2D eigenvalue weighted by molar-refractivity contribution is 0.177. The number of nitrogens with two attached hydrogens (primary N) is 1. The molecule has 0 bridgehead atoms. The van der Waals surface area contributed by atoms with E-state index in [0.29, 0.717) is 10.9 Å². The van der Waals surface area contributed by atoms with Gasteiger partial charge in [-0.15, -0.1) is 0 Å². The largest absolute Gasteiger partial charge is 0.381 e. The van der Waals surface area contributed by atoms with Crippen molar-refractivity contribution in [3.8, 4) is 0 Å². The number of ether oxygens (including phenoxy) is 1. The molecule has 0 saturated carbocycles. The number of benzene rings is 1. The van der Waals surface area contributed by atoms with E-state index >= 15 is 0 Å². The number of hydrogen-bond donors (Lipinski definition) is 2. The molecule has 3 nitrogen and oxygen atoms in total. The summed E-state index contributed by atoms with van der Waals surface area (Å²) in [5, 5.41) is 0.712. The van der Waals surface area contributed by atoms with Crippen molar-refractivity contribution in [3.05, 3.63) is 33.3 Å². The van der Waals surface area contributed by atoms with Crippen LogP contribution in [0.15, 0.2) is 22.7 Å². The zero-order valence-corrected chi connectivity index (χ0v) is 11.1. The maximum absolute atomic E-state index is 6.03. The van der Waals surface area contributed by atoms with Crippen LogP contribution >= 0.6 is 27.5 Å². The Labute approximate surface area is 108 Å². The van der Waals surface area contributed by atoms with Gasteiger partial charge in [0.1, 0.15) is 0 Å². The zero-order valence-electron chi connectivity index (χ0n) is 8.75. The molecule has 3 N–H and O–H groups in total. The molecule has 0 radical (unpaired) electrons. The summed E-state index contributed by atoms with van der Waals surface area (Å²) < 4.78 is 6.35. The summed E-state index contributed by atoms with van der Waals surface area (Å²) in [6.07, 6.45) is 1.03. The van der Waals surface area contributed by atoms with Crippen molar-refractivity contribution in [3.63, 3.8) is 0 Å². The second-order valence-corrected chi connectivity index (χ2v) is 5.32. The highest BCUT2D eigenvalue weighted by molar-refractivity contribution is 9.10. The SMILES string of the molecule is NNC(c1cc(Cl)cc(Br)c1)C1CCOC1. The maximum atomic E-state index is 6.03. The molecule has 2 unspecified atom stereocenters. The molecule has 1 aromatic carbocycles. The second-order valence-electron chi connectivity index (χ2n) is 3.97. The molecule has 16 heavy (non-hydrogen) atoms. The van der Waals surface area contributed by atoms with Gasteiger partial charge >= 0.3 is 0 Å². The molecule has 5 heteroatoms. The normalized spacial score (nSPS) is 22.3. The first-order valence-electron chi connectivity index (χ1n) is 5.20. The van der Waals surface area contributed by atoms with Gasteiger partial charge < -0.3 is 4.74 Å². The van der Waals surface area contributed by atoms with Gasteiger partial charge in [0.2, 0.25) is 0 Å². The fourth-order valence-corrected chi connectivity index (χ4v) is 2.96. The molecule has 0 amide bonds. The fourth-order valence-electron chi connectivity index (χ4n) is 2.07. The summed E-state index contributed by atoms with van der Waals surface area (Å²) in [5.41, 5.74) is 3.95. The minimum Gasteiger partial charge on any atom is -0.381 e. The predicted octanol–water partition coefficient (Wildman–Crippen LogP) is 2.64. The molecule has 1 aromatic rings. The summed E-state index contributed by atoms with van der Waals surface area (Å²) in [4.78, 5) is 0. The van der Waals surface area contributed by atoms with Crippen LogP contribution in [0.2, 0.25) is 5.02 Å². The fraction of sp³-hybridized carbons (Fsp3) is 0.455. The van der Waals surface area contributed by atoms with Gasteiger partial charge in [0, 0.05) is 22.0 Å². The lowest BCUT2D eigenvalue weighted by Crippen LogP contribution is -2.33. The van der Waals surface area contributed by atoms with Crippen LogP contribution in [0.3, 0.4) is 0 Å². The van der Waals surface area contributed by atoms with Gasteiger partial charge in [-0.2, -0.15) is 0 Å². The third-order valence-corrected chi connectivity index (χ3v) is 3.54. The highest BCUT2D eigenvalue weighted by atomic mass is 79.9. The van der Waals surface area contributed by atoms with Crippen LogP contribution in [0.1, 0.15) is 18.0 Å². The summed E-state index contributed by atoms with van der Waals surface area (Å²) >= 11 is 9.46. The van der Waals surface area contributed by atoms with Crippen LogP contribution in [0.4, 0.5) is 0 Å². The summed E-state index contributed by atoms with van der Waals surface area (Å²) in [6.45, 7) is 1.56. The molecule has 1 aliphatic rings. The standard InChI is InChI=1S/C11H14BrClN2O/c12-9-3-8(4-10(13)5-9)11(15-14)7-1-2-16-6-7/h3-5,7,11,15H,1-2,6,14H2. The first kappa shape index (κ1) is 12.3. The molecule has 1 aliphatic heterocycles. The first-order valence-corrected chi connectivity index (χ1v) is 6.37. The van der Waals surface area contributed by atoms with Crippen LogP contribution in [0, 0.1) is 5.92 Å². The van der Waals surface area contributed by atoms with E-state index in [1.54, 1.807) is 0 Å². The average molecular weight is 306 g/mol. The van der Waals surface area contributed by atoms with Gasteiger partial charge in [0.25, 0.3) is 0 Å². The topological polar surface area (TPSA) is 47.3 Å². The molecule has 0 spiro atoms. The third kappa shape index (κ3) is 2.76. The number of rotatable bonds is 3. The molecule has 0 aliphatic carbocycles. The molecule has 2 atom stereocenters. The predicted molar refractivity (Wildman–Crippen MR) is 68.1 cm³/mol. The van der Waals surface area contributed by atoms with Crippen molar-refractivity contribution in [2.24, 2.45) is 11.8 Å². The molecule has 1 saturated heterocycles. The van der Waals surface area contributed by atoms with Crippen molar-refractivity contribution in [2.45, 2.75) is 12.5 Å². The number of halogens is 2. The Bertz CT molecular complexity index is 349. The molecule has 0 aromatic heterocycles. The summed E-state index contributed by atoms with van der Waals surface area (Å²) in [6, 6.07) is 5.94. The Morgan fingerprint density at radius 2 is 2.31 bits per heavy atom. The Morgan fingerprint density at radius 3 is 2.88 bits per heavy atom. The number of hydrogen-bond acceptors (Lipinski definition) is 3. The number of hydrazine groups is 1. The van der Waals surface area contributed by atoms with Crippen molar-refractivity contribution in [2.75, 3.05) is 13.2 Å². The third-order valence-electron chi connectivity index (χ3n) is 2.86. The highest BCUT2D eigenvalue weighted by Gasteiger charge is 2.26. The monoisotopic (exact) mass is 304 g/mol. The van der Waals surface area contributed by atoms with Crippen molar-refractivity contribution in [1.82, 2.24) is 5.43 Å². The van der Waals surface area contributed by atoms with E-state index < -0.39 is 0 Å². The van der Waals surface area contributed by atoms with Crippen LogP contribution in [-0.4, -0.2) is 13.2 Å². The van der Waals surface area contributed by atoms with E-state index in [1.165, 1.54) is 0 Å². The quantitative estimate of drug-likeness (QED) is 0.667. The van der Waals surface area contributed by atoms with Crippen LogP contribution < -0.4 is 11.3 Å². The minimum atomic E-state index is 0.0949. The zero-order chi connectivity index (χ0) is 11.5. The minimum absolute atomic E-state index is 0.0949. The highest BCUT2D eigenvalue weighted by Crippen LogP contribution is 2.31. The van der Waals surface area contributed by atoms with E-state index in [2.05, 4.69) is 21.4 Å². The first-order chi connectivity index (χ1) is 7.70. The van der Waals surface area contributed by atoms with E-state index in [-0.39, 0.29) is 6.04 Å². The molecular formula is C11H14BrClN2O. The Hall–Kier alpha value is -0.130. The number of nitrogens with one attached hydrogen (secondary N) is 1. The Morgan fingerprint density at radius 1 is 1.50 bits per heavy atom. The van der Waals surface area contributed by atoms with E-state index in [0.717, 1.165) is 29.7 Å². The summed E-state index contributed by atoms with van der Waals surface area (Å²) in [7, 11) is 0. The van der Waals surface area contributed by atoms with Gasteiger partial charge in [-0.25, -0.2) is 0 Å². The van der Waals surface area contributed by atoms with Crippen molar-refractivity contribution < 1.29 is 4.74 Å². The van der Waals surface area contributed by atoms with Crippen LogP contribution in [-0.2, 0) is 4.74 Å². The smallest absolute Gasteiger partial charge is 0.0513 e. The van der Waals surface area contributed by atoms with E-state index in [4.69, 9.17) is 22.2 Å². The van der Waals surface area contributed by atoms with Crippen LogP contribution in [0.25, 0.3) is 0 Å². The lowest BCUT2D eigenvalue weighted by atomic mass is 9.93. The second kappa shape index (κ2) is 5.47. The molecule has 1 fully saturated rings. The molecular weight excluding hydrogens is 291 g/mol. The van der Waals surface area contributed by atoms with Crippen molar-refractivity contribution >= 4 is 27.5 Å². The van der Waals surface area contributed by atoms with Gasteiger partial charge in [-0.3, -0.25) is 11.3 Å². The van der Waals surface area contributed by atoms with Gasteiger partial charge in [0.15, 0.2) is 0 Å². The van der Waals surface area contributed by atoms with Crippen LogP contribution in [0.5, 0.6) is 0 Å². The van der Waals surface area contributed by atoms with E-state index in [9.17, 15) is 0 Å².